The van der Waals surface area contributed by atoms with Crippen LogP contribution in [-0.4, -0.2) is 40.0 Å². The molecule has 0 unspecified atom stereocenters. The minimum Gasteiger partial charge on any atom is -0.354 e. The third-order valence-electron chi connectivity index (χ3n) is 4.45. The molecule has 28 heavy (non-hydrogen) atoms. The molecule has 2 heterocycles. The Hall–Kier alpha value is -2.93. The topological polar surface area (TPSA) is 79.4 Å². The lowest BCUT2D eigenvalue weighted by Crippen LogP contribution is -2.37. The third-order valence-corrected chi connectivity index (χ3v) is 5.36. The van der Waals surface area contributed by atoms with Crippen molar-refractivity contribution < 1.29 is 14.4 Å². The fraction of sp³-hybridized carbons (Fsp3) is 0.238. The zero-order valence-corrected chi connectivity index (χ0v) is 16.6. The molecule has 3 amide bonds. The zero-order chi connectivity index (χ0) is 20.1. The van der Waals surface area contributed by atoms with Gasteiger partial charge in [-0.15, -0.1) is 0 Å². The van der Waals surface area contributed by atoms with E-state index in [0.717, 1.165) is 33.4 Å². The standard InChI is InChI=1S/C21H21N3O3S/c1-14-5-6-16(10-15(14)2)12-19(25)23-8-9-24-20(26)18(28-21(24)27)11-17-4-3-7-22-13-17/h3-7,10-11,13H,8-9,12H2,1-2H3,(H,23,25)/b18-11-. The molecule has 0 atom stereocenters. The molecule has 1 N–H and O–H groups in total. The average molecular weight is 395 g/mol. The maximum Gasteiger partial charge on any atom is 0.293 e. The first-order valence-electron chi connectivity index (χ1n) is 8.92. The summed E-state index contributed by atoms with van der Waals surface area (Å²) in [6.45, 7) is 4.41. The maximum absolute atomic E-state index is 12.4. The predicted octanol–water partition coefficient (Wildman–Crippen LogP) is 3.09. The monoisotopic (exact) mass is 395 g/mol. The second kappa shape index (κ2) is 8.84. The van der Waals surface area contributed by atoms with Gasteiger partial charge in [-0.3, -0.25) is 24.3 Å². The molecule has 0 bridgehead atoms. The number of imide groups is 1. The van der Waals surface area contributed by atoms with E-state index in [9.17, 15) is 14.4 Å². The molecular formula is C21H21N3O3S. The number of rotatable bonds is 6. The van der Waals surface area contributed by atoms with Gasteiger partial charge in [0.2, 0.25) is 5.91 Å². The second-order valence-corrected chi connectivity index (χ2v) is 7.56. The summed E-state index contributed by atoms with van der Waals surface area (Å²) in [5.41, 5.74) is 4.02. The lowest BCUT2D eigenvalue weighted by molar-refractivity contribution is -0.124. The van der Waals surface area contributed by atoms with Crippen LogP contribution >= 0.6 is 11.8 Å². The highest BCUT2D eigenvalue weighted by molar-refractivity contribution is 8.18. The van der Waals surface area contributed by atoms with Crippen molar-refractivity contribution in [3.63, 3.8) is 0 Å². The molecule has 6 nitrogen and oxygen atoms in total. The second-order valence-electron chi connectivity index (χ2n) is 6.57. The maximum atomic E-state index is 12.4. The first-order valence-corrected chi connectivity index (χ1v) is 9.74. The molecule has 2 aromatic rings. The molecule has 0 aliphatic carbocycles. The first kappa shape index (κ1) is 19.8. The molecule has 1 aromatic carbocycles. The lowest BCUT2D eigenvalue weighted by Gasteiger charge is -2.13. The number of nitrogens with zero attached hydrogens (tertiary/aromatic N) is 2. The van der Waals surface area contributed by atoms with E-state index in [4.69, 9.17) is 0 Å². The van der Waals surface area contributed by atoms with Gasteiger partial charge in [-0.1, -0.05) is 24.3 Å². The molecule has 3 rings (SSSR count). The Morgan fingerprint density at radius 1 is 1.21 bits per heavy atom. The molecule has 1 aromatic heterocycles. The number of pyridine rings is 1. The predicted molar refractivity (Wildman–Crippen MR) is 110 cm³/mol. The zero-order valence-electron chi connectivity index (χ0n) is 15.8. The van der Waals surface area contributed by atoms with Crippen LogP contribution in [0.5, 0.6) is 0 Å². The van der Waals surface area contributed by atoms with E-state index < -0.39 is 0 Å². The first-order chi connectivity index (χ1) is 13.4. The smallest absolute Gasteiger partial charge is 0.293 e. The molecule has 1 fully saturated rings. The Morgan fingerprint density at radius 3 is 2.75 bits per heavy atom. The molecule has 0 radical (unpaired) electrons. The van der Waals surface area contributed by atoms with Crippen molar-refractivity contribution in [1.29, 1.82) is 0 Å². The van der Waals surface area contributed by atoms with Gasteiger partial charge in [0.25, 0.3) is 11.1 Å². The van der Waals surface area contributed by atoms with E-state index in [0.29, 0.717) is 4.91 Å². The van der Waals surface area contributed by atoms with Crippen LogP contribution < -0.4 is 5.32 Å². The Kier molecular flexibility index (Phi) is 6.26. The normalized spacial score (nSPS) is 15.4. The largest absolute Gasteiger partial charge is 0.354 e. The summed E-state index contributed by atoms with van der Waals surface area (Å²) in [6, 6.07) is 9.50. The van der Waals surface area contributed by atoms with Gasteiger partial charge in [-0.2, -0.15) is 0 Å². The number of aromatic nitrogens is 1. The van der Waals surface area contributed by atoms with Crippen molar-refractivity contribution in [1.82, 2.24) is 15.2 Å². The van der Waals surface area contributed by atoms with E-state index in [1.165, 1.54) is 5.56 Å². The Morgan fingerprint density at radius 2 is 2.04 bits per heavy atom. The Bertz CT molecular complexity index is 941. The summed E-state index contributed by atoms with van der Waals surface area (Å²) in [5, 5.41) is 2.44. The Balaban J connectivity index is 1.52. The highest BCUT2D eigenvalue weighted by Gasteiger charge is 2.34. The summed E-state index contributed by atoms with van der Waals surface area (Å²) in [4.78, 5) is 42.2. The number of hydrogen-bond donors (Lipinski definition) is 1. The van der Waals surface area contributed by atoms with Gasteiger partial charge >= 0.3 is 0 Å². The summed E-state index contributed by atoms with van der Waals surface area (Å²) in [6.07, 6.45) is 5.19. The van der Waals surface area contributed by atoms with Crippen LogP contribution in [0.2, 0.25) is 0 Å². The number of carbonyl (C=O) groups is 3. The van der Waals surface area contributed by atoms with Gasteiger partial charge in [-0.05, 0) is 60.0 Å². The van der Waals surface area contributed by atoms with Crippen LogP contribution in [0.3, 0.4) is 0 Å². The number of benzene rings is 1. The number of carbonyl (C=O) groups excluding carboxylic acids is 3. The van der Waals surface area contributed by atoms with Crippen molar-refractivity contribution in [2.45, 2.75) is 20.3 Å². The molecule has 144 valence electrons. The fourth-order valence-electron chi connectivity index (χ4n) is 2.77. The molecule has 1 saturated heterocycles. The van der Waals surface area contributed by atoms with E-state index >= 15 is 0 Å². The SMILES string of the molecule is Cc1ccc(CC(=O)NCCN2C(=O)S/C(=C\c3cccnc3)C2=O)cc1C. The molecule has 1 aliphatic heterocycles. The number of hydrogen-bond acceptors (Lipinski definition) is 5. The molecular weight excluding hydrogens is 374 g/mol. The molecule has 1 aliphatic rings. The Labute approximate surface area is 168 Å². The van der Waals surface area contributed by atoms with Crippen molar-refractivity contribution in [3.8, 4) is 0 Å². The average Bonchev–Trinajstić information content (AvgIpc) is 2.93. The van der Waals surface area contributed by atoms with Crippen LogP contribution in [-0.2, 0) is 16.0 Å². The highest BCUT2D eigenvalue weighted by Crippen LogP contribution is 2.31. The van der Waals surface area contributed by atoms with E-state index in [1.807, 2.05) is 38.1 Å². The summed E-state index contributed by atoms with van der Waals surface area (Å²) in [7, 11) is 0. The third kappa shape index (κ3) is 4.86. The van der Waals surface area contributed by atoms with Gasteiger partial charge in [0.1, 0.15) is 0 Å². The van der Waals surface area contributed by atoms with Crippen LogP contribution in [0.25, 0.3) is 6.08 Å². The van der Waals surface area contributed by atoms with Crippen molar-refractivity contribution in [3.05, 3.63) is 69.9 Å². The van der Waals surface area contributed by atoms with Gasteiger partial charge in [0.05, 0.1) is 11.3 Å². The summed E-state index contributed by atoms with van der Waals surface area (Å²) >= 11 is 0.899. The van der Waals surface area contributed by atoms with Gasteiger partial charge in [-0.25, -0.2) is 0 Å². The number of thioether (sulfide) groups is 1. The number of nitrogens with one attached hydrogen (secondary N) is 1. The summed E-state index contributed by atoms with van der Waals surface area (Å²) < 4.78 is 0. The van der Waals surface area contributed by atoms with E-state index in [-0.39, 0.29) is 36.6 Å². The van der Waals surface area contributed by atoms with Gasteiger partial charge in [0.15, 0.2) is 0 Å². The minimum absolute atomic E-state index is 0.138. The minimum atomic E-state index is -0.345. The molecule has 0 saturated carbocycles. The van der Waals surface area contributed by atoms with Crippen molar-refractivity contribution in [2.75, 3.05) is 13.1 Å². The van der Waals surface area contributed by atoms with Crippen LogP contribution in [0.1, 0.15) is 22.3 Å². The van der Waals surface area contributed by atoms with Crippen LogP contribution in [0.15, 0.2) is 47.6 Å². The quantitative estimate of drug-likeness (QED) is 0.761. The van der Waals surface area contributed by atoms with Gasteiger partial charge < -0.3 is 5.32 Å². The van der Waals surface area contributed by atoms with Crippen molar-refractivity contribution in [2.24, 2.45) is 0 Å². The van der Waals surface area contributed by atoms with Gasteiger partial charge in [0, 0.05) is 25.5 Å². The molecule has 0 spiro atoms. The van der Waals surface area contributed by atoms with Crippen LogP contribution in [0.4, 0.5) is 4.79 Å². The lowest BCUT2D eigenvalue weighted by atomic mass is 10.0. The van der Waals surface area contributed by atoms with Crippen molar-refractivity contribution >= 4 is 34.9 Å². The number of amides is 3. The highest BCUT2D eigenvalue weighted by atomic mass is 32.2. The van der Waals surface area contributed by atoms with E-state index in [2.05, 4.69) is 10.3 Å². The number of aryl methyl sites for hydroxylation is 2. The molecule has 7 heteroatoms. The fourth-order valence-corrected chi connectivity index (χ4v) is 3.64. The van der Waals surface area contributed by atoms with Crippen LogP contribution in [0, 0.1) is 13.8 Å². The summed E-state index contributed by atoms with van der Waals surface area (Å²) in [5.74, 6) is -0.483. The van der Waals surface area contributed by atoms with E-state index in [1.54, 1.807) is 24.5 Å².